The van der Waals surface area contributed by atoms with Gasteiger partial charge in [-0.1, -0.05) is 24.3 Å². The fraction of sp³-hybridized carbons (Fsp3) is 0.333. The molecule has 0 fully saturated rings. The van der Waals surface area contributed by atoms with E-state index in [1.165, 1.54) is 16.8 Å². The van der Waals surface area contributed by atoms with Gasteiger partial charge in [-0.05, 0) is 29.3 Å². The molecule has 0 aliphatic carbocycles. The van der Waals surface area contributed by atoms with E-state index in [4.69, 9.17) is 9.47 Å². The monoisotopic (exact) mass is 298 g/mol. The summed E-state index contributed by atoms with van der Waals surface area (Å²) in [5.74, 6) is 1.55. The van der Waals surface area contributed by atoms with Gasteiger partial charge in [0.1, 0.15) is 0 Å². The second-order valence-electron chi connectivity index (χ2n) is 5.42. The van der Waals surface area contributed by atoms with Gasteiger partial charge in [-0.3, -0.25) is 0 Å². The molecule has 2 aromatic rings. The SMILES string of the molecule is COc1ccc(CN2CCNCc3ccccc32)cc1OC. The van der Waals surface area contributed by atoms with Crippen molar-refractivity contribution in [2.75, 3.05) is 32.2 Å². The molecule has 2 aromatic carbocycles. The Morgan fingerprint density at radius 1 is 1.05 bits per heavy atom. The van der Waals surface area contributed by atoms with Crippen molar-refractivity contribution in [2.45, 2.75) is 13.1 Å². The third-order valence-electron chi connectivity index (χ3n) is 4.03. The lowest BCUT2D eigenvalue weighted by Crippen LogP contribution is -2.28. The third kappa shape index (κ3) is 3.02. The zero-order chi connectivity index (χ0) is 15.4. The minimum absolute atomic E-state index is 0.768. The Labute approximate surface area is 131 Å². The number of ether oxygens (including phenoxy) is 2. The number of hydrogen-bond donors (Lipinski definition) is 1. The van der Waals surface area contributed by atoms with Gasteiger partial charge in [-0.25, -0.2) is 0 Å². The minimum atomic E-state index is 0.768. The molecule has 0 amide bonds. The first-order valence-corrected chi connectivity index (χ1v) is 7.56. The van der Waals surface area contributed by atoms with Crippen molar-refractivity contribution < 1.29 is 9.47 Å². The number of nitrogens with one attached hydrogen (secondary N) is 1. The lowest BCUT2D eigenvalue weighted by molar-refractivity contribution is 0.354. The van der Waals surface area contributed by atoms with Crippen LogP contribution in [0.5, 0.6) is 11.5 Å². The first kappa shape index (κ1) is 14.7. The molecule has 0 bridgehead atoms. The molecule has 1 N–H and O–H groups in total. The van der Waals surface area contributed by atoms with Gasteiger partial charge >= 0.3 is 0 Å². The summed E-state index contributed by atoms with van der Waals surface area (Å²) in [5.41, 5.74) is 3.87. The number of fused-ring (bicyclic) bond motifs is 1. The maximum atomic E-state index is 5.40. The highest BCUT2D eigenvalue weighted by molar-refractivity contribution is 5.55. The van der Waals surface area contributed by atoms with Crippen LogP contribution in [0.4, 0.5) is 5.69 Å². The maximum absolute atomic E-state index is 5.40. The Bertz CT molecular complexity index is 643. The Balaban J connectivity index is 1.86. The molecular weight excluding hydrogens is 276 g/mol. The van der Waals surface area contributed by atoms with Crippen LogP contribution in [0.3, 0.4) is 0 Å². The number of para-hydroxylation sites is 1. The van der Waals surface area contributed by atoms with Crippen LogP contribution in [0.2, 0.25) is 0 Å². The van der Waals surface area contributed by atoms with Crippen molar-refractivity contribution in [3.05, 3.63) is 53.6 Å². The molecular formula is C18H22N2O2. The summed E-state index contributed by atoms with van der Waals surface area (Å²) < 4.78 is 10.7. The van der Waals surface area contributed by atoms with Gasteiger partial charge < -0.3 is 19.7 Å². The molecule has 1 aliphatic rings. The first-order chi connectivity index (χ1) is 10.8. The van der Waals surface area contributed by atoms with Crippen LogP contribution in [0.25, 0.3) is 0 Å². The Hall–Kier alpha value is -2.20. The highest BCUT2D eigenvalue weighted by Gasteiger charge is 2.15. The van der Waals surface area contributed by atoms with Gasteiger partial charge in [-0.15, -0.1) is 0 Å². The van der Waals surface area contributed by atoms with E-state index >= 15 is 0 Å². The van der Waals surface area contributed by atoms with E-state index < -0.39 is 0 Å². The van der Waals surface area contributed by atoms with Gasteiger partial charge in [-0.2, -0.15) is 0 Å². The third-order valence-corrected chi connectivity index (χ3v) is 4.03. The number of rotatable bonds is 4. The average Bonchev–Trinajstić information content (AvgIpc) is 2.77. The largest absolute Gasteiger partial charge is 0.493 e. The van der Waals surface area contributed by atoms with Crippen LogP contribution >= 0.6 is 0 Å². The predicted molar refractivity (Wildman–Crippen MR) is 88.7 cm³/mol. The van der Waals surface area contributed by atoms with Crippen molar-refractivity contribution in [1.82, 2.24) is 5.32 Å². The van der Waals surface area contributed by atoms with Gasteiger partial charge in [0.15, 0.2) is 11.5 Å². The van der Waals surface area contributed by atoms with E-state index in [-0.39, 0.29) is 0 Å². The second-order valence-corrected chi connectivity index (χ2v) is 5.42. The molecule has 0 aromatic heterocycles. The summed E-state index contributed by atoms with van der Waals surface area (Å²) in [6.45, 7) is 3.77. The lowest BCUT2D eigenvalue weighted by Gasteiger charge is -2.25. The van der Waals surface area contributed by atoms with E-state index in [1.54, 1.807) is 14.2 Å². The quantitative estimate of drug-likeness (QED) is 0.941. The van der Waals surface area contributed by atoms with Crippen molar-refractivity contribution >= 4 is 5.69 Å². The number of anilines is 1. The Morgan fingerprint density at radius 2 is 1.86 bits per heavy atom. The molecule has 0 saturated heterocycles. The van der Waals surface area contributed by atoms with Crippen molar-refractivity contribution in [3.63, 3.8) is 0 Å². The van der Waals surface area contributed by atoms with E-state index in [9.17, 15) is 0 Å². The predicted octanol–water partition coefficient (Wildman–Crippen LogP) is 2.81. The van der Waals surface area contributed by atoms with Crippen LogP contribution in [-0.4, -0.2) is 27.3 Å². The second kappa shape index (κ2) is 6.71. The maximum Gasteiger partial charge on any atom is 0.161 e. The molecule has 116 valence electrons. The van der Waals surface area contributed by atoms with E-state index in [0.717, 1.165) is 37.7 Å². The molecule has 3 rings (SSSR count). The van der Waals surface area contributed by atoms with Gasteiger partial charge in [0.25, 0.3) is 0 Å². The van der Waals surface area contributed by atoms with Crippen molar-refractivity contribution in [2.24, 2.45) is 0 Å². The summed E-state index contributed by atoms with van der Waals surface area (Å²) >= 11 is 0. The molecule has 0 radical (unpaired) electrons. The summed E-state index contributed by atoms with van der Waals surface area (Å²) in [7, 11) is 3.33. The molecule has 0 atom stereocenters. The summed E-state index contributed by atoms with van der Waals surface area (Å²) in [6.07, 6.45) is 0. The van der Waals surface area contributed by atoms with E-state index in [2.05, 4.69) is 46.6 Å². The van der Waals surface area contributed by atoms with Crippen LogP contribution in [0.15, 0.2) is 42.5 Å². The van der Waals surface area contributed by atoms with Gasteiger partial charge in [0.2, 0.25) is 0 Å². The fourth-order valence-corrected chi connectivity index (χ4v) is 2.89. The molecule has 1 aliphatic heterocycles. The van der Waals surface area contributed by atoms with Crippen molar-refractivity contribution in [1.29, 1.82) is 0 Å². The number of hydrogen-bond acceptors (Lipinski definition) is 4. The molecule has 0 saturated carbocycles. The number of nitrogens with zero attached hydrogens (tertiary/aromatic N) is 1. The fourth-order valence-electron chi connectivity index (χ4n) is 2.89. The number of benzene rings is 2. The molecule has 4 heteroatoms. The number of methoxy groups -OCH3 is 2. The smallest absolute Gasteiger partial charge is 0.161 e. The molecule has 4 nitrogen and oxygen atoms in total. The van der Waals surface area contributed by atoms with Gasteiger partial charge in [0, 0.05) is 31.9 Å². The summed E-state index contributed by atoms with van der Waals surface area (Å²) in [6, 6.07) is 14.7. The average molecular weight is 298 g/mol. The normalized spacial score (nSPS) is 14.2. The Kier molecular flexibility index (Phi) is 4.49. The van der Waals surface area contributed by atoms with Crippen molar-refractivity contribution in [3.8, 4) is 11.5 Å². The summed E-state index contributed by atoms with van der Waals surface area (Å²) in [4.78, 5) is 2.41. The molecule has 22 heavy (non-hydrogen) atoms. The molecule has 0 unspecified atom stereocenters. The van der Waals surface area contributed by atoms with Crippen LogP contribution in [0, 0.1) is 0 Å². The standard InChI is InChI=1S/C18H22N2O2/c1-21-17-8-7-14(11-18(17)22-2)13-20-10-9-19-12-15-5-3-4-6-16(15)20/h3-8,11,19H,9-10,12-13H2,1-2H3. The zero-order valence-electron chi connectivity index (χ0n) is 13.1. The summed E-state index contributed by atoms with van der Waals surface area (Å²) in [5, 5.41) is 3.47. The highest BCUT2D eigenvalue weighted by Crippen LogP contribution is 2.29. The zero-order valence-corrected chi connectivity index (χ0v) is 13.1. The van der Waals surface area contributed by atoms with E-state index in [1.807, 2.05) is 6.07 Å². The molecule has 1 heterocycles. The molecule has 0 spiro atoms. The first-order valence-electron chi connectivity index (χ1n) is 7.56. The highest BCUT2D eigenvalue weighted by atomic mass is 16.5. The van der Waals surface area contributed by atoms with E-state index in [0.29, 0.717) is 0 Å². The van der Waals surface area contributed by atoms with Gasteiger partial charge in [0.05, 0.1) is 14.2 Å². The lowest BCUT2D eigenvalue weighted by atomic mass is 10.1. The van der Waals surface area contributed by atoms with Crippen LogP contribution in [-0.2, 0) is 13.1 Å². The van der Waals surface area contributed by atoms with Crippen LogP contribution < -0.4 is 19.7 Å². The Morgan fingerprint density at radius 3 is 2.68 bits per heavy atom. The topological polar surface area (TPSA) is 33.7 Å². The van der Waals surface area contributed by atoms with Crippen LogP contribution in [0.1, 0.15) is 11.1 Å². The minimum Gasteiger partial charge on any atom is -0.493 e.